The summed E-state index contributed by atoms with van der Waals surface area (Å²) in [6.07, 6.45) is -3.87. The molecule has 1 saturated heterocycles. The van der Waals surface area contributed by atoms with Crippen LogP contribution in [0.4, 0.5) is 29.1 Å². The zero-order chi connectivity index (χ0) is 27.0. The van der Waals surface area contributed by atoms with Crippen molar-refractivity contribution in [3.63, 3.8) is 0 Å². The molecule has 37 heavy (non-hydrogen) atoms. The number of sulfonamides is 1. The first-order valence-electron chi connectivity index (χ1n) is 10.7. The quantitative estimate of drug-likeness (QED) is 0.365. The highest BCUT2D eigenvalue weighted by Gasteiger charge is 2.38. The van der Waals surface area contributed by atoms with Crippen LogP contribution in [0.1, 0.15) is 5.82 Å². The molecule has 2 aromatic carbocycles. The molecule has 1 unspecified atom stereocenters. The monoisotopic (exact) mass is 558 g/mol. The summed E-state index contributed by atoms with van der Waals surface area (Å²) in [4.78, 5) is 9.14. The summed E-state index contributed by atoms with van der Waals surface area (Å²) in [6.45, 7) is 0.123. The molecule has 3 aromatic rings. The number of hydrogen-bond acceptors (Lipinski definition) is 7. The van der Waals surface area contributed by atoms with Gasteiger partial charge in [-0.1, -0.05) is 12.1 Å². The summed E-state index contributed by atoms with van der Waals surface area (Å²) < 4.78 is 105. The number of piperazine rings is 1. The summed E-state index contributed by atoms with van der Waals surface area (Å²) in [5, 5.41) is 0. The van der Waals surface area contributed by atoms with E-state index in [4.69, 9.17) is 0 Å². The van der Waals surface area contributed by atoms with E-state index >= 15 is 0 Å². The number of hydrogen-bond donors (Lipinski definition) is 1. The molecule has 1 atom stereocenters. The molecule has 0 saturated carbocycles. The molecule has 0 spiro atoms. The Morgan fingerprint density at radius 3 is 2.22 bits per heavy atom. The third kappa shape index (κ3) is 6.23. The number of halogens is 4. The van der Waals surface area contributed by atoms with Crippen molar-refractivity contribution >= 4 is 32.8 Å². The first kappa shape index (κ1) is 26.9. The van der Waals surface area contributed by atoms with Crippen molar-refractivity contribution in [1.82, 2.24) is 14.3 Å². The van der Waals surface area contributed by atoms with Crippen LogP contribution >= 0.6 is 0 Å². The van der Waals surface area contributed by atoms with Gasteiger partial charge in [0.2, 0.25) is 15.8 Å². The van der Waals surface area contributed by atoms with E-state index in [1.165, 1.54) is 39.5 Å². The molecule has 1 aliphatic rings. The summed E-state index contributed by atoms with van der Waals surface area (Å²) in [6, 6.07) is 10.6. The van der Waals surface area contributed by atoms with Crippen molar-refractivity contribution in [2.75, 3.05) is 42.1 Å². The van der Waals surface area contributed by atoms with E-state index in [0.717, 1.165) is 18.4 Å². The predicted octanol–water partition coefficient (Wildman–Crippen LogP) is 3.26. The zero-order valence-corrected chi connectivity index (χ0v) is 20.8. The number of nitrogens with one attached hydrogen (secondary N) is 1. The standard InChI is InChI=1S/C22H21F4N5O4S2/c1-37(34,35)31-11-9-30(10-12-31)20-18(15-3-2-4-17(13-15)29-36(32)33)19(14-5-7-16(23)8-6-14)27-21(28-20)22(24,25)26/h2-8,13,29H,9-12H2,1H3,(H,32,33)/p-1. The Morgan fingerprint density at radius 1 is 1.00 bits per heavy atom. The van der Waals surface area contributed by atoms with E-state index in [1.807, 2.05) is 0 Å². The second kappa shape index (κ2) is 10.3. The van der Waals surface area contributed by atoms with Crippen LogP contribution in [0, 0.1) is 5.82 Å². The lowest BCUT2D eigenvalue weighted by Gasteiger charge is -2.35. The van der Waals surface area contributed by atoms with Gasteiger partial charge < -0.3 is 14.2 Å². The SMILES string of the molecule is CS(=O)(=O)N1CCN(c2nc(C(F)(F)F)nc(-c3ccc(F)cc3)c2-c2cccc(NS(=O)[O-])c2)CC1. The van der Waals surface area contributed by atoms with Gasteiger partial charge in [-0.05, 0) is 42.0 Å². The Balaban J connectivity index is 1.95. The minimum absolute atomic E-state index is 0.0201. The predicted molar refractivity (Wildman–Crippen MR) is 129 cm³/mol. The van der Waals surface area contributed by atoms with Gasteiger partial charge in [0.15, 0.2) is 0 Å². The van der Waals surface area contributed by atoms with Crippen LogP contribution in [0.3, 0.4) is 0 Å². The van der Waals surface area contributed by atoms with Crippen molar-refractivity contribution in [2.24, 2.45) is 0 Å². The summed E-state index contributed by atoms with van der Waals surface area (Å²) in [5.74, 6) is -2.14. The van der Waals surface area contributed by atoms with Gasteiger partial charge in [0.25, 0.3) is 0 Å². The molecular weight excluding hydrogens is 538 g/mol. The fourth-order valence-electron chi connectivity index (χ4n) is 3.95. The number of anilines is 2. The van der Waals surface area contributed by atoms with E-state index in [-0.39, 0.29) is 54.5 Å². The van der Waals surface area contributed by atoms with Crippen molar-refractivity contribution in [1.29, 1.82) is 0 Å². The lowest BCUT2D eigenvalue weighted by molar-refractivity contribution is -0.144. The smallest absolute Gasteiger partial charge is 0.451 e. The third-order valence-electron chi connectivity index (χ3n) is 5.62. The number of nitrogens with zero attached hydrogens (tertiary/aromatic N) is 4. The molecule has 0 aliphatic carbocycles. The molecule has 1 aliphatic heterocycles. The largest absolute Gasteiger partial charge is 0.755 e. The van der Waals surface area contributed by atoms with E-state index < -0.39 is 39.1 Å². The third-order valence-corrected chi connectivity index (χ3v) is 7.33. The molecule has 1 fully saturated rings. The van der Waals surface area contributed by atoms with Crippen LogP contribution in [0.25, 0.3) is 22.4 Å². The maximum atomic E-state index is 13.9. The van der Waals surface area contributed by atoms with E-state index in [0.29, 0.717) is 5.56 Å². The molecule has 1 aromatic heterocycles. The molecule has 198 valence electrons. The van der Waals surface area contributed by atoms with Crippen LogP contribution in [-0.2, 0) is 27.5 Å². The molecule has 0 radical (unpaired) electrons. The first-order valence-corrected chi connectivity index (χ1v) is 13.7. The molecule has 9 nitrogen and oxygen atoms in total. The van der Waals surface area contributed by atoms with Gasteiger partial charge in [-0.2, -0.15) is 17.5 Å². The van der Waals surface area contributed by atoms with Gasteiger partial charge in [0.05, 0.1) is 17.5 Å². The summed E-state index contributed by atoms with van der Waals surface area (Å²) in [5.41, 5.74) is 0.606. The number of benzene rings is 2. The van der Waals surface area contributed by atoms with E-state index in [1.54, 1.807) is 6.07 Å². The van der Waals surface area contributed by atoms with Crippen molar-refractivity contribution in [2.45, 2.75) is 6.18 Å². The lowest BCUT2D eigenvalue weighted by Crippen LogP contribution is -2.48. The van der Waals surface area contributed by atoms with Gasteiger partial charge >= 0.3 is 6.18 Å². The number of rotatable bonds is 6. The van der Waals surface area contributed by atoms with E-state index in [9.17, 15) is 34.7 Å². The molecule has 1 N–H and O–H groups in total. The van der Waals surface area contributed by atoms with Crippen LogP contribution in [0.15, 0.2) is 48.5 Å². The summed E-state index contributed by atoms with van der Waals surface area (Å²) in [7, 11) is -3.51. The minimum atomic E-state index is -4.92. The Hall–Kier alpha value is -3.14. The van der Waals surface area contributed by atoms with Crippen LogP contribution in [-0.4, -0.2) is 63.9 Å². The topological polar surface area (TPSA) is 119 Å². The fraction of sp³-hybridized carbons (Fsp3) is 0.273. The fourth-order valence-corrected chi connectivity index (χ4v) is 5.10. The van der Waals surface area contributed by atoms with Gasteiger partial charge in [-0.15, -0.1) is 0 Å². The second-order valence-corrected chi connectivity index (χ2v) is 10.8. The molecule has 2 heterocycles. The molecule has 4 rings (SSSR count). The van der Waals surface area contributed by atoms with Gasteiger partial charge in [-0.3, -0.25) is 4.21 Å². The van der Waals surface area contributed by atoms with Crippen molar-refractivity contribution in [3.05, 3.63) is 60.2 Å². The van der Waals surface area contributed by atoms with Gasteiger partial charge in [0.1, 0.15) is 11.6 Å². The Bertz CT molecular complexity index is 1430. The van der Waals surface area contributed by atoms with Crippen molar-refractivity contribution in [3.8, 4) is 22.4 Å². The van der Waals surface area contributed by atoms with Gasteiger partial charge in [0, 0.05) is 48.7 Å². The highest BCUT2D eigenvalue weighted by molar-refractivity contribution is 7.88. The average Bonchev–Trinajstić information content (AvgIpc) is 2.82. The molecular formula is C22H20F4N5O4S2-. The Kier molecular flexibility index (Phi) is 7.50. The minimum Gasteiger partial charge on any atom is -0.755 e. The van der Waals surface area contributed by atoms with E-state index in [2.05, 4.69) is 14.7 Å². The van der Waals surface area contributed by atoms with Gasteiger partial charge in [-0.25, -0.2) is 22.8 Å². The highest BCUT2D eigenvalue weighted by atomic mass is 32.2. The second-order valence-electron chi connectivity index (χ2n) is 8.17. The normalized spacial score (nSPS) is 16.0. The maximum Gasteiger partial charge on any atom is 0.451 e. The molecule has 0 amide bonds. The first-order chi connectivity index (χ1) is 17.3. The molecule has 0 bridgehead atoms. The average molecular weight is 559 g/mol. The van der Waals surface area contributed by atoms with Crippen LogP contribution in [0.5, 0.6) is 0 Å². The number of aromatic nitrogens is 2. The Labute approximate surface area is 212 Å². The lowest BCUT2D eigenvalue weighted by atomic mass is 9.98. The zero-order valence-electron chi connectivity index (χ0n) is 19.2. The summed E-state index contributed by atoms with van der Waals surface area (Å²) >= 11 is -2.66. The highest BCUT2D eigenvalue weighted by Crippen LogP contribution is 2.41. The Morgan fingerprint density at radius 2 is 1.65 bits per heavy atom. The molecule has 15 heteroatoms. The van der Waals surface area contributed by atoms with Crippen LogP contribution < -0.4 is 9.62 Å². The van der Waals surface area contributed by atoms with Crippen LogP contribution in [0.2, 0.25) is 0 Å². The van der Waals surface area contributed by atoms with Crippen molar-refractivity contribution < 1.29 is 34.7 Å². The maximum absolute atomic E-state index is 13.9. The number of alkyl halides is 3.